The van der Waals surface area contributed by atoms with Crippen molar-refractivity contribution in [2.45, 2.75) is 24.3 Å². The van der Waals surface area contributed by atoms with Gasteiger partial charge in [0.1, 0.15) is 0 Å². The number of amides is 2. The molecule has 8 heteroatoms. The Morgan fingerprint density at radius 1 is 1.07 bits per heavy atom. The number of nitrogens with one attached hydrogen (secondary N) is 3. The van der Waals surface area contributed by atoms with Crippen molar-refractivity contribution in [3.63, 3.8) is 0 Å². The molecule has 2 aromatic rings. The average Bonchev–Trinajstić information content (AvgIpc) is 3.52. The number of hydrogen-bond donors (Lipinski definition) is 3. The topological polar surface area (TPSA) is 104 Å². The minimum atomic E-state index is -3.53. The molecule has 142 valence electrons. The van der Waals surface area contributed by atoms with E-state index >= 15 is 0 Å². The molecule has 0 aromatic heterocycles. The molecular formula is C19H21N3O4S. The third-order valence-electron chi connectivity index (χ3n) is 4.29. The van der Waals surface area contributed by atoms with Gasteiger partial charge in [-0.15, -0.1) is 0 Å². The van der Waals surface area contributed by atoms with Crippen LogP contribution in [0.5, 0.6) is 0 Å². The SMILES string of the molecule is CNS(=O)(=O)c1cccc(CNC(=O)c2ccc(NC(=O)C3CC3)cc2)c1. The lowest BCUT2D eigenvalue weighted by atomic mass is 10.1. The first-order valence-corrected chi connectivity index (χ1v) is 10.1. The van der Waals surface area contributed by atoms with E-state index < -0.39 is 10.0 Å². The fraction of sp³-hybridized carbons (Fsp3) is 0.263. The van der Waals surface area contributed by atoms with Gasteiger partial charge < -0.3 is 10.6 Å². The lowest BCUT2D eigenvalue weighted by molar-refractivity contribution is -0.117. The van der Waals surface area contributed by atoms with Crippen LogP contribution < -0.4 is 15.4 Å². The Morgan fingerprint density at radius 2 is 1.78 bits per heavy atom. The van der Waals surface area contributed by atoms with Gasteiger partial charge in [-0.3, -0.25) is 9.59 Å². The van der Waals surface area contributed by atoms with Crippen LogP contribution in [0.3, 0.4) is 0 Å². The Labute approximate surface area is 158 Å². The van der Waals surface area contributed by atoms with Gasteiger partial charge in [0, 0.05) is 23.7 Å². The fourth-order valence-electron chi connectivity index (χ4n) is 2.52. The zero-order valence-corrected chi connectivity index (χ0v) is 15.7. The van der Waals surface area contributed by atoms with Crippen molar-refractivity contribution in [1.29, 1.82) is 0 Å². The number of benzene rings is 2. The average molecular weight is 387 g/mol. The molecule has 1 aliphatic carbocycles. The van der Waals surface area contributed by atoms with Crippen molar-refractivity contribution < 1.29 is 18.0 Å². The molecule has 0 bridgehead atoms. The molecule has 0 aliphatic heterocycles. The maximum atomic E-state index is 12.3. The highest BCUT2D eigenvalue weighted by Gasteiger charge is 2.29. The van der Waals surface area contributed by atoms with Crippen LogP contribution in [0.25, 0.3) is 0 Å². The van der Waals surface area contributed by atoms with Gasteiger partial charge in [-0.1, -0.05) is 12.1 Å². The summed E-state index contributed by atoms with van der Waals surface area (Å²) < 4.78 is 25.9. The summed E-state index contributed by atoms with van der Waals surface area (Å²) in [6.07, 6.45) is 1.87. The van der Waals surface area contributed by atoms with E-state index in [2.05, 4.69) is 15.4 Å². The number of carbonyl (C=O) groups is 2. The second kappa shape index (κ2) is 7.89. The van der Waals surface area contributed by atoms with Gasteiger partial charge in [0.2, 0.25) is 15.9 Å². The summed E-state index contributed by atoms with van der Waals surface area (Å²) in [4.78, 5) is 24.2. The first-order chi connectivity index (χ1) is 12.9. The number of hydrogen-bond acceptors (Lipinski definition) is 4. The van der Waals surface area contributed by atoms with Crippen LogP contribution in [0.15, 0.2) is 53.4 Å². The molecule has 7 nitrogen and oxygen atoms in total. The maximum Gasteiger partial charge on any atom is 0.251 e. The first-order valence-electron chi connectivity index (χ1n) is 8.60. The zero-order chi connectivity index (χ0) is 19.4. The Morgan fingerprint density at radius 3 is 2.41 bits per heavy atom. The maximum absolute atomic E-state index is 12.3. The van der Waals surface area contributed by atoms with Crippen molar-refractivity contribution in [3.05, 3.63) is 59.7 Å². The summed E-state index contributed by atoms with van der Waals surface area (Å²) in [5.41, 5.74) is 1.79. The molecule has 3 rings (SSSR count). The smallest absolute Gasteiger partial charge is 0.251 e. The molecule has 2 aromatic carbocycles. The Hall–Kier alpha value is -2.71. The van der Waals surface area contributed by atoms with Crippen LogP contribution in [0.2, 0.25) is 0 Å². The standard InChI is InChI=1S/C19H21N3O4S/c1-20-27(25,26)17-4-2-3-13(11-17)12-21-18(23)14-7-9-16(10-8-14)22-19(24)15-5-6-15/h2-4,7-11,15,20H,5-6,12H2,1H3,(H,21,23)(H,22,24). The largest absolute Gasteiger partial charge is 0.348 e. The van der Waals surface area contributed by atoms with E-state index in [1.807, 2.05) is 0 Å². The van der Waals surface area contributed by atoms with Crippen molar-refractivity contribution in [2.75, 3.05) is 12.4 Å². The lowest BCUT2D eigenvalue weighted by Crippen LogP contribution is -2.23. The third kappa shape index (κ3) is 4.93. The highest BCUT2D eigenvalue weighted by Crippen LogP contribution is 2.30. The van der Waals surface area contributed by atoms with Gasteiger partial charge in [0.05, 0.1) is 4.90 Å². The number of anilines is 1. The van der Waals surface area contributed by atoms with E-state index in [1.54, 1.807) is 36.4 Å². The summed E-state index contributed by atoms with van der Waals surface area (Å²) in [6, 6.07) is 13.0. The molecule has 0 unspecified atom stereocenters. The molecule has 0 spiro atoms. The van der Waals surface area contributed by atoms with Crippen LogP contribution in [0, 0.1) is 5.92 Å². The quantitative estimate of drug-likeness (QED) is 0.675. The molecular weight excluding hydrogens is 366 g/mol. The third-order valence-corrected chi connectivity index (χ3v) is 5.71. The zero-order valence-electron chi connectivity index (χ0n) is 14.9. The van der Waals surface area contributed by atoms with Gasteiger partial charge in [0.25, 0.3) is 5.91 Å². The Bertz CT molecular complexity index is 951. The number of carbonyl (C=O) groups excluding carboxylic acids is 2. The minimum Gasteiger partial charge on any atom is -0.348 e. The van der Waals surface area contributed by atoms with Crippen molar-refractivity contribution in [1.82, 2.24) is 10.0 Å². The van der Waals surface area contributed by atoms with E-state index in [0.29, 0.717) is 16.8 Å². The van der Waals surface area contributed by atoms with Crippen molar-refractivity contribution in [2.24, 2.45) is 5.92 Å². The molecule has 1 saturated carbocycles. The van der Waals surface area contributed by atoms with E-state index in [4.69, 9.17) is 0 Å². The molecule has 1 fully saturated rings. The molecule has 27 heavy (non-hydrogen) atoms. The predicted octanol–water partition coefficient (Wildman–Crippen LogP) is 1.87. The van der Waals surface area contributed by atoms with E-state index in [1.165, 1.54) is 19.2 Å². The monoisotopic (exact) mass is 387 g/mol. The van der Waals surface area contributed by atoms with Crippen LogP contribution in [0.4, 0.5) is 5.69 Å². The second-order valence-electron chi connectivity index (χ2n) is 6.38. The molecule has 0 atom stereocenters. The van der Waals surface area contributed by atoms with Gasteiger partial charge in [-0.25, -0.2) is 13.1 Å². The van der Waals surface area contributed by atoms with Crippen LogP contribution in [0.1, 0.15) is 28.8 Å². The number of rotatable bonds is 7. The lowest BCUT2D eigenvalue weighted by Gasteiger charge is -2.09. The van der Waals surface area contributed by atoms with Crippen LogP contribution in [-0.4, -0.2) is 27.3 Å². The summed E-state index contributed by atoms with van der Waals surface area (Å²) >= 11 is 0. The summed E-state index contributed by atoms with van der Waals surface area (Å²) in [6.45, 7) is 0.200. The van der Waals surface area contributed by atoms with E-state index in [-0.39, 0.29) is 29.2 Å². The highest BCUT2D eigenvalue weighted by molar-refractivity contribution is 7.89. The van der Waals surface area contributed by atoms with Gasteiger partial charge in [-0.2, -0.15) is 0 Å². The predicted molar refractivity (Wildman–Crippen MR) is 102 cm³/mol. The van der Waals surface area contributed by atoms with Crippen LogP contribution in [-0.2, 0) is 21.4 Å². The highest BCUT2D eigenvalue weighted by atomic mass is 32.2. The molecule has 1 aliphatic rings. The Balaban J connectivity index is 1.59. The van der Waals surface area contributed by atoms with E-state index in [0.717, 1.165) is 12.8 Å². The molecule has 0 heterocycles. The molecule has 0 radical (unpaired) electrons. The van der Waals surface area contributed by atoms with Crippen molar-refractivity contribution in [3.8, 4) is 0 Å². The summed E-state index contributed by atoms with van der Waals surface area (Å²) in [5.74, 6) is -0.143. The molecule has 2 amide bonds. The van der Waals surface area contributed by atoms with Gasteiger partial charge in [0.15, 0.2) is 0 Å². The Kier molecular flexibility index (Phi) is 5.57. The first kappa shape index (κ1) is 19.1. The summed E-state index contributed by atoms with van der Waals surface area (Å²) in [7, 11) is -2.18. The van der Waals surface area contributed by atoms with Gasteiger partial charge in [-0.05, 0) is 61.9 Å². The van der Waals surface area contributed by atoms with Crippen LogP contribution >= 0.6 is 0 Å². The summed E-state index contributed by atoms with van der Waals surface area (Å²) in [5, 5.41) is 5.58. The number of sulfonamides is 1. The second-order valence-corrected chi connectivity index (χ2v) is 8.27. The normalized spacial score (nSPS) is 13.8. The fourth-order valence-corrected chi connectivity index (χ4v) is 3.32. The van der Waals surface area contributed by atoms with Crippen molar-refractivity contribution >= 4 is 27.5 Å². The molecule has 0 saturated heterocycles. The van der Waals surface area contributed by atoms with Gasteiger partial charge >= 0.3 is 0 Å². The molecule has 3 N–H and O–H groups in total. The van der Waals surface area contributed by atoms with E-state index in [9.17, 15) is 18.0 Å². The minimum absolute atomic E-state index is 0.0172.